The Labute approximate surface area is 159 Å². The van der Waals surface area contributed by atoms with Crippen LogP contribution in [0.5, 0.6) is 0 Å². The van der Waals surface area contributed by atoms with Crippen molar-refractivity contribution in [3.8, 4) is 0 Å². The van der Waals surface area contributed by atoms with E-state index >= 15 is 0 Å². The highest BCUT2D eigenvalue weighted by Gasteiger charge is 2.23. The van der Waals surface area contributed by atoms with Gasteiger partial charge in [-0.15, -0.1) is 16.4 Å². The lowest BCUT2D eigenvalue weighted by Gasteiger charge is -2.34. The molecule has 0 atom stereocenters. The summed E-state index contributed by atoms with van der Waals surface area (Å²) < 4.78 is 1.43. The normalized spacial score (nSPS) is 15.2. The fourth-order valence-corrected chi connectivity index (χ4v) is 4.98. The molecule has 1 saturated heterocycles. The van der Waals surface area contributed by atoms with Gasteiger partial charge < -0.3 is 9.80 Å². The number of aromatic nitrogens is 4. The van der Waals surface area contributed by atoms with E-state index in [0.717, 1.165) is 60.7 Å². The SMILES string of the molecule is CCCc1cc(=O)n2nc(N3CCN(c4nc(C)c(C)s4)CC3)sc2n1. The number of aryl methyl sites for hydroxylation is 3. The number of piperazine rings is 1. The number of nitrogens with zero attached hydrogens (tertiary/aromatic N) is 6. The van der Waals surface area contributed by atoms with E-state index in [1.54, 1.807) is 17.4 Å². The first-order chi connectivity index (χ1) is 12.5. The molecular weight excluding hydrogens is 368 g/mol. The topological polar surface area (TPSA) is 66.6 Å². The molecule has 0 N–H and O–H groups in total. The Balaban J connectivity index is 1.52. The smallest absolute Gasteiger partial charge is 0.275 e. The first kappa shape index (κ1) is 17.4. The van der Waals surface area contributed by atoms with Gasteiger partial charge >= 0.3 is 0 Å². The Kier molecular flexibility index (Phi) is 4.66. The summed E-state index contributed by atoms with van der Waals surface area (Å²) in [6.45, 7) is 9.82. The predicted octanol–water partition coefficient (Wildman–Crippen LogP) is 2.50. The van der Waals surface area contributed by atoms with Gasteiger partial charge in [-0.1, -0.05) is 24.7 Å². The summed E-state index contributed by atoms with van der Waals surface area (Å²) in [4.78, 5) is 28.1. The molecule has 0 aliphatic carbocycles. The molecule has 3 aromatic rings. The Morgan fingerprint density at radius 1 is 1.04 bits per heavy atom. The standard InChI is InChI=1S/C17H22N6OS2/c1-4-5-13-10-14(24)23-16(19-13)26-17(20-23)22-8-6-21(7-9-22)15-18-11(2)12(3)25-15/h10H,4-9H2,1-3H3. The van der Waals surface area contributed by atoms with Gasteiger partial charge in [0.15, 0.2) is 5.13 Å². The highest BCUT2D eigenvalue weighted by molar-refractivity contribution is 7.20. The van der Waals surface area contributed by atoms with Crippen LogP contribution in [0.25, 0.3) is 4.96 Å². The molecule has 4 rings (SSSR count). The van der Waals surface area contributed by atoms with Crippen molar-refractivity contribution in [1.82, 2.24) is 19.6 Å². The van der Waals surface area contributed by atoms with Crippen molar-refractivity contribution >= 4 is 37.9 Å². The van der Waals surface area contributed by atoms with Crippen molar-refractivity contribution < 1.29 is 0 Å². The molecule has 0 radical (unpaired) electrons. The molecule has 1 fully saturated rings. The van der Waals surface area contributed by atoms with Gasteiger partial charge in [-0.2, -0.15) is 4.52 Å². The zero-order chi connectivity index (χ0) is 18.3. The Bertz CT molecular complexity index is 963. The summed E-state index contributed by atoms with van der Waals surface area (Å²) >= 11 is 3.25. The van der Waals surface area contributed by atoms with Gasteiger partial charge in [-0.25, -0.2) is 9.97 Å². The maximum Gasteiger partial charge on any atom is 0.275 e. The third-order valence-corrected chi connectivity index (χ3v) is 6.73. The van der Waals surface area contributed by atoms with E-state index in [4.69, 9.17) is 0 Å². The van der Waals surface area contributed by atoms with Gasteiger partial charge in [-0.3, -0.25) is 4.79 Å². The van der Waals surface area contributed by atoms with Crippen molar-refractivity contribution in [3.05, 3.63) is 32.7 Å². The molecule has 3 aromatic heterocycles. The van der Waals surface area contributed by atoms with E-state index in [0.29, 0.717) is 4.96 Å². The highest BCUT2D eigenvalue weighted by Crippen LogP contribution is 2.28. The monoisotopic (exact) mass is 390 g/mol. The third kappa shape index (κ3) is 3.21. The molecule has 0 aromatic carbocycles. The molecule has 0 unspecified atom stereocenters. The maximum absolute atomic E-state index is 12.3. The van der Waals surface area contributed by atoms with Gasteiger partial charge in [0.1, 0.15) is 0 Å². The fraction of sp³-hybridized carbons (Fsp3) is 0.529. The average molecular weight is 391 g/mol. The summed E-state index contributed by atoms with van der Waals surface area (Å²) in [5.74, 6) is 0. The second-order valence-electron chi connectivity index (χ2n) is 6.53. The van der Waals surface area contributed by atoms with Gasteiger partial charge in [0.25, 0.3) is 5.56 Å². The van der Waals surface area contributed by atoms with Crippen molar-refractivity contribution in [2.75, 3.05) is 36.0 Å². The van der Waals surface area contributed by atoms with Crippen molar-refractivity contribution in [2.45, 2.75) is 33.6 Å². The van der Waals surface area contributed by atoms with Gasteiger partial charge in [0.2, 0.25) is 10.1 Å². The molecule has 0 spiro atoms. The third-order valence-electron chi connectivity index (χ3n) is 4.63. The minimum atomic E-state index is -0.0895. The van der Waals surface area contributed by atoms with Crippen LogP contribution in [-0.2, 0) is 6.42 Å². The fourth-order valence-electron chi connectivity index (χ4n) is 3.04. The number of anilines is 2. The number of thiazole rings is 1. The molecule has 0 amide bonds. The molecular formula is C17H22N6OS2. The van der Waals surface area contributed by atoms with Crippen LogP contribution in [0.3, 0.4) is 0 Å². The summed E-state index contributed by atoms with van der Waals surface area (Å²) in [5, 5.41) is 6.48. The summed E-state index contributed by atoms with van der Waals surface area (Å²) in [5.41, 5.74) is 1.88. The van der Waals surface area contributed by atoms with E-state index in [-0.39, 0.29) is 5.56 Å². The van der Waals surface area contributed by atoms with Crippen LogP contribution >= 0.6 is 22.7 Å². The lowest BCUT2D eigenvalue weighted by molar-refractivity contribution is 0.645. The minimum Gasteiger partial charge on any atom is -0.345 e. The number of rotatable bonds is 4. The first-order valence-electron chi connectivity index (χ1n) is 8.89. The van der Waals surface area contributed by atoms with Crippen molar-refractivity contribution in [2.24, 2.45) is 0 Å². The van der Waals surface area contributed by atoms with E-state index < -0.39 is 0 Å². The summed E-state index contributed by atoms with van der Waals surface area (Å²) in [6.07, 6.45) is 1.80. The molecule has 138 valence electrons. The molecule has 0 bridgehead atoms. The lowest BCUT2D eigenvalue weighted by Crippen LogP contribution is -2.46. The number of hydrogen-bond donors (Lipinski definition) is 0. The van der Waals surface area contributed by atoms with Crippen LogP contribution in [0.4, 0.5) is 10.3 Å². The van der Waals surface area contributed by atoms with Crippen molar-refractivity contribution in [1.29, 1.82) is 0 Å². The van der Waals surface area contributed by atoms with Crippen LogP contribution in [-0.4, -0.2) is 45.8 Å². The summed E-state index contributed by atoms with van der Waals surface area (Å²) in [6, 6.07) is 1.60. The van der Waals surface area contributed by atoms with E-state index in [9.17, 15) is 4.79 Å². The van der Waals surface area contributed by atoms with Crippen LogP contribution in [0, 0.1) is 13.8 Å². The molecule has 0 saturated carbocycles. The van der Waals surface area contributed by atoms with Crippen molar-refractivity contribution in [3.63, 3.8) is 0 Å². The van der Waals surface area contributed by atoms with E-state index in [2.05, 4.69) is 45.6 Å². The Morgan fingerprint density at radius 3 is 2.35 bits per heavy atom. The van der Waals surface area contributed by atoms with E-state index in [1.165, 1.54) is 20.7 Å². The molecule has 1 aliphatic heterocycles. The Hall–Kier alpha value is -2.00. The highest BCUT2D eigenvalue weighted by atomic mass is 32.1. The van der Waals surface area contributed by atoms with Gasteiger partial charge in [-0.05, 0) is 20.3 Å². The largest absolute Gasteiger partial charge is 0.345 e. The first-order valence-corrected chi connectivity index (χ1v) is 10.5. The second kappa shape index (κ2) is 6.96. The molecule has 26 heavy (non-hydrogen) atoms. The number of hydrogen-bond acceptors (Lipinski definition) is 8. The average Bonchev–Trinajstić information content (AvgIpc) is 3.20. The predicted molar refractivity (Wildman–Crippen MR) is 107 cm³/mol. The zero-order valence-electron chi connectivity index (χ0n) is 15.2. The van der Waals surface area contributed by atoms with Crippen LogP contribution < -0.4 is 15.4 Å². The minimum absolute atomic E-state index is 0.0895. The molecule has 9 heteroatoms. The molecule has 4 heterocycles. The van der Waals surface area contributed by atoms with Gasteiger partial charge in [0, 0.05) is 42.8 Å². The van der Waals surface area contributed by atoms with Crippen LogP contribution in [0.2, 0.25) is 0 Å². The molecule has 7 nitrogen and oxygen atoms in total. The maximum atomic E-state index is 12.3. The number of fused-ring (bicyclic) bond motifs is 1. The van der Waals surface area contributed by atoms with Crippen LogP contribution in [0.1, 0.15) is 29.6 Å². The second-order valence-corrected chi connectivity index (χ2v) is 8.64. The summed E-state index contributed by atoms with van der Waals surface area (Å²) in [7, 11) is 0. The zero-order valence-corrected chi connectivity index (χ0v) is 16.9. The lowest BCUT2D eigenvalue weighted by atomic mass is 10.2. The Morgan fingerprint density at radius 2 is 1.73 bits per heavy atom. The molecule has 1 aliphatic rings. The quantitative estimate of drug-likeness (QED) is 0.682. The van der Waals surface area contributed by atoms with Gasteiger partial charge in [0.05, 0.1) is 5.69 Å². The van der Waals surface area contributed by atoms with Crippen LogP contribution in [0.15, 0.2) is 10.9 Å². The van der Waals surface area contributed by atoms with E-state index in [1.807, 2.05) is 0 Å².